The first-order chi connectivity index (χ1) is 4.97. The largest absolute Gasteiger partial charge is 0.314 e. The van der Waals surface area contributed by atoms with Gasteiger partial charge in [-0.3, -0.25) is 0 Å². The van der Waals surface area contributed by atoms with E-state index in [-0.39, 0.29) is 0 Å². The zero-order valence-electron chi connectivity index (χ0n) is 6.47. The van der Waals surface area contributed by atoms with E-state index >= 15 is 0 Å². The van der Waals surface area contributed by atoms with Crippen LogP contribution in [0.2, 0.25) is 0 Å². The first kappa shape index (κ1) is 6.66. The Bertz CT molecular complexity index is 85.3. The molecule has 0 amide bonds. The van der Waals surface area contributed by atoms with Crippen molar-refractivity contribution in [3.8, 4) is 0 Å². The van der Waals surface area contributed by atoms with Crippen molar-refractivity contribution in [1.29, 1.82) is 0 Å². The van der Waals surface area contributed by atoms with Crippen molar-refractivity contribution in [3.63, 3.8) is 0 Å². The molecule has 10 heavy (non-hydrogen) atoms. The molecule has 57 valence electrons. The van der Waals surface area contributed by atoms with Crippen LogP contribution in [0.25, 0.3) is 0 Å². The van der Waals surface area contributed by atoms with Gasteiger partial charge in [0.05, 0.1) is 0 Å². The molecule has 0 bridgehead atoms. The van der Waals surface area contributed by atoms with Crippen LogP contribution in [-0.4, -0.2) is 12.6 Å². The fourth-order valence-corrected chi connectivity index (χ4v) is 2.27. The zero-order valence-corrected chi connectivity index (χ0v) is 6.47. The van der Waals surface area contributed by atoms with Gasteiger partial charge in [-0.25, -0.2) is 0 Å². The molecule has 0 aromatic carbocycles. The lowest BCUT2D eigenvalue weighted by Crippen LogP contribution is -2.42. The molecule has 0 aromatic rings. The van der Waals surface area contributed by atoms with Gasteiger partial charge in [0.1, 0.15) is 0 Å². The first-order valence-electron chi connectivity index (χ1n) is 4.52. The Hall–Kier alpha value is -0.0400. The highest BCUT2D eigenvalue weighted by Gasteiger charge is 2.26. The lowest BCUT2D eigenvalue weighted by Gasteiger charge is -2.36. The molecule has 1 N–H and O–H groups in total. The lowest BCUT2D eigenvalue weighted by atomic mass is 9.80. The van der Waals surface area contributed by atoms with Gasteiger partial charge in [0.2, 0.25) is 0 Å². The molecule has 1 heteroatoms. The molecule has 2 unspecified atom stereocenters. The number of hydrogen-bond acceptors (Lipinski definition) is 1. The minimum absolute atomic E-state index is 0.874. The molecule has 1 saturated heterocycles. The maximum absolute atomic E-state index is 3.60. The van der Waals surface area contributed by atoms with E-state index < -0.39 is 0 Å². The maximum atomic E-state index is 3.60. The van der Waals surface area contributed by atoms with E-state index in [9.17, 15) is 0 Å². The van der Waals surface area contributed by atoms with Crippen LogP contribution >= 0.6 is 0 Å². The summed E-state index contributed by atoms with van der Waals surface area (Å²) in [5.74, 6) is 0.988. The molecule has 2 fully saturated rings. The van der Waals surface area contributed by atoms with Crippen LogP contribution in [0.3, 0.4) is 0 Å². The Morgan fingerprint density at radius 3 is 3.20 bits per heavy atom. The van der Waals surface area contributed by atoms with Gasteiger partial charge in [-0.15, -0.1) is 0 Å². The summed E-state index contributed by atoms with van der Waals surface area (Å²) in [7, 11) is 0. The summed E-state index contributed by atoms with van der Waals surface area (Å²) < 4.78 is 0. The number of hydrogen-bond donors (Lipinski definition) is 1. The third-order valence-corrected chi connectivity index (χ3v) is 2.88. The highest BCUT2D eigenvalue weighted by atomic mass is 14.9. The van der Waals surface area contributed by atoms with Crippen molar-refractivity contribution in [2.24, 2.45) is 5.92 Å². The summed E-state index contributed by atoms with van der Waals surface area (Å²) in [5.41, 5.74) is 0. The van der Waals surface area contributed by atoms with Gasteiger partial charge < -0.3 is 5.32 Å². The Kier molecular flexibility index (Phi) is 1.94. The van der Waals surface area contributed by atoms with E-state index in [1.165, 1.54) is 38.6 Å². The van der Waals surface area contributed by atoms with E-state index in [0.717, 1.165) is 12.0 Å². The molecule has 0 spiro atoms. The Balaban J connectivity index is 1.93. The summed E-state index contributed by atoms with van der Waals surface area (Å²) in [5, 5.41) is 3.60. The average molecular weight is 138 g/mol. The van der Waals surface area contributed by atoms with E-state index in [1.807, 2.05) is 0 Å². The summed E-state index contributed by atoms with van der Waals surface area (Å²) in [6.07, 6.45) is 9.44. The second-order valence-corrected chi connectivity index (χ2v) is 3.56. The Morgan fingerprint density at radius 1 is 1.30 bits per heavy atom. The number of fused-ring (bicyclic) bond motifs is 1. The van der Waals surface area contributed by atoms with Crippen LogP contribution in [0.5, 0.6) is 0 Å². The van der Waals surface area contributed by atoms with Gasteiger partial charge in [-0.1, -0.05) is 0 Å². The summed E-state index contributed by atoms with van der Waals surface area (Å²) in [4.78, 5) is 0. The van der Waals surface area contributed by atoms with Gasteiger partial charge in [0.15, 0.2) is 0 Å². The fourth-order valence-electron chi connectivity index (χ4n) is 2.27. The third-order valence-electron chi connectivity index (χ3n) is 2.88. The van der Waals surface area contributed by atoms with Crippen molar-refractivity contribution in [2.45, 2.75) is 38.1 Å². The minimum Gasteiger partial charge on any atom is -0.314 e. The molecule has 2 aliphatic rings. The molecule has 1 aliphatic heterocycles. The average Bonchev–Trinajstić information content (AvgIpc) is 2.05. The molecule has 2 rings (SSSR count). The summed E-state index contributed by atoms with van der Waals surface area (Å²) in [6, 6.07) is 0.874. The van der Waals surface area contributed by atoms with Gasteiger partial charge in [-0.2, -0.15) is 0 Å². The summed E-state index contributed by atoms with van der Waals surface area (Å²) in [6.45, 7) is 1.27. The van der Waals surface area contributed by atoms with Gasteiger partial charge in [0.25, 0.3) is 0 Å². The fraction of sp³-hybridized carbons (Fsp3) is 0.889. The topological polar surface area (TPSA) is 12.0 Å². The summed E-state index contributed by atoms with van der Waals surface area (Å²) >= 11 is 0. The molecule has 1 heterocycles. The van der Waals surface area contributed by atoms with E-state index in [2.05, 4.69) is 11.7 Å². The monoisotopic (exact) mass is 138 g/mol. The first-order valence-corrected chi connectivity index (χ1v) is 4.52. The predicted molar refractivity (Wildman–Crippen MR) is 42.7 cm³/mol. The predicted octanol–water partition coefficient (Wildman–Crippen LogP) is 1.74. The van der Waals surface area contributed by atoms with Crippen LogP contribution < -0.4 is 5.32 Å². The van der Waals surface area contributed by atoms with Crippen LogP contribution in [0, 0.1) is 12.3 Å². The Labute approximate surface area is 63.2 Å². The van der Waals surface area contributed by atoms with E-state index in [1.54, 1.807) is 0 Å². The second-order valence-electron chi connectivity index (χ2n) is 3.56. The molecule has 0 aromatic heterocycles. The molecule has 1 aliphatic carbocycles. The smallest absolute Gasteiger partial charge is 0.00955 e. The highest BCUT2D eigenvalue weighted by Crippen LogP contribution is 2.29. The van der Waals surface area contributed by atoms with Crippen molar-refractivity contribution >= 4 is 0 Å². The normalized spacial score (nSPS) is 40.8. The van der Waals surface area contributed by atoms with Gasteiger partial charge >= 0.3 is 0 Å². The molecular formula is C9H16N. The van der Waals surface area contributed by atoms with E-state index in [0.29, 0.717) is 0 Å². The second kappa shape index (κ2) is 2.91. The van der Waals surface area contributed by atoms with Crippen LogP contribution in [0.15, 0.2) is 0 Å². The number of nitrogens with one attached hydrogen (secondary N) is 1. The lowest BCUT2D eigenvalue weighted by molar-refractivity contribution is 0.239. The van der Waals surface area contributed by atoms with Gasteiger partial charge in [-0.05, 0) is 51.0 Å². The molecule has 1 radical (unpaired) electrons. The number of piperidine rings is 1. The maximum Gasteiger partial charge on any atom is 0.00955 e. The van der Waals surface area contributed by atoms with Crippen LogP contribution in [0.4, 0.5) is 0 Å². The standard InChI is InChI=1S/C9H16N/c1-2-6-9-8(4-1)5-3-7-10-9/h1,8-10H,2-7H2. The van der Waals surface area contributed by atoms with Crippen molar-refractivity contribution < 1.29 is 0 Å². The molecular weight excluding hydrogens is 122 g/mol. The van der Waals surface area contributed by atoms with Crippen LogP contribution in [0.1, 0.15) is 32.1 Å². The highest BCUT2D eigenvalue weighted by molar-refractivity contribution is 4.90. The van der Waals surface area contributed by atoms with E-state index in [4.69, 9.17) is 0 Å². The quantitative estimate of drug-likeness (QED) is 0.537. The third kappa shape index (κ3) is 1.20. The van der Waals surface area contributed by atoms with Gasteiger partial charge in [0, 0.05) is 6.04 Å². The minimum atomic E-state index is 0.874. The number of rotatable bonds is 0. The van der Waals surface area contributed by atoms with Crippen molar-refractivity contribution in [2.75, 3.05) is 6.54 Å². The Morgan fingerprint density at radius 2 is 2.30 bits per heavy atom. The van der Waals surface area contributed by atoms with Crippen molar-refractivity contribution in [3.05, 3.63) is 6.42 Å². The SMILES string of the molecule is [CH]1CCC2NCCCC2C1. The molecule has 1 nitrogen and oxygen atoms in total. The zero-order chi connectivity index (χ0) is 6.81. The van der Waals surface area contributed by atoms with Crippen LogP contribution in [-0.2, 0) is 0 Å². The van der Waals surface area contributed by atoms with Crippen molar-refractivity contribution in [1.82, 2.24) is 5.32 Å². The molecule has 2 atom stereocenters. The molecule has 1 saturated carbocycles.